The van der Waals surface area contributed by atoms with Crippen LogP contribution in [0.15, 0.2) is 41.3 Å². The van der Waals surface area contributed by atoms with Crippen molar-refractivity contribution in [2.75, 3.05) is 13.7 Å². The molecule has 3 aromatic rings. The van der Waals surface area contributed by atoms with E-state index in [-0.39, 0.29) is 17.4 Å². The number of hydrogen-bond acceptors (Lipinski definition) is 4. The van der Waals surface area contributed by atoms with Crippen molar-refractivity contribution in [3.05, 3.63) is 63.7 Å². The maximum atomic E-state index is 12.6. The van der Waals surface area contributed by atoms with E-state index in [4.69, 9.17) is 4.74 Å². The highest BCUT2D eigenvalue weighted by Crippen LogP contribution is 2.29. The van der Waals surface area contributed by atoms with Crippen molar-refractivity contribution in [1.29, 1.82) is 0 Å². The van der Waals surface area contributed by atoms with Gasteiger partial charge in [-0.15, -0.1) is 0 Å². The van der Waals surface area contributed by atoms with E-state index in [1.165, 1.54) is 10.6 Å². The van der Waals surface area contributed by atoms with Gasteiger partial charge in [-0.3, -0.25) is 14.7 Å². The molecule has 1 aliphatic rings. The van der Waals surface area contributed by atoms with Crippen LogP contribution in [-0.2, 0) is 17.8 Å². The van der Waals surface area contributed by atoms with Crippen molar-refractivity contribution in [1.82, 2.24) is 19.5 Å². The molecular formula is C20H22N4O3. The fourth-order valence-electron chi connectivity index (χ4n) is 3.68. The third-order valence-electron chi connectivity index (χ3n) is 5.16. The van der Waals surface area contributed by atoms with Crippen LogP contribution in [0.2, 0.25) is 0 Å². The number of methoxy groups -OCH3 is 1. The van der Waals surface area contributed by atoms with Crippen LogP contribution in [0.1, 0.15) is 36.1 Å². The summed E-state index contributed by atoms with van der Waals surface area (Å²) in [5, 5.41) is 2.94. The van der Waals surface area contributed by atoms with Crippen molar-refractivity contribution in [2.24, 2.45) is 0 Å². The average Bonchev–Trinajstić information content (AvgIpc) is 3.26. The van der Waals surface area contributed by atoms with Crippen LogP contribution in [0.4, 0.5) is 0 Å². The van der Waals surface area contributed by atoms with Gasteiger partial charge in [0, 0.05) is 48.8 Å². The second-order valence-corrected chi connectivity index (χ2v) is 6.82. The molecule has 1 aliphatic heterocycles. The van der Waals surface area contributed by atoms with Crippen LogP contribution in [0.25, 0.3) is 5.65 Å². The number of para-hydroxylation sites is 1. The molecular weight excluding hydrogens is 344 g/mol. The molecule has 0 saturated carbocycles. The monoisotopic (exact) mass is 366 g/mol. The SMILES string of the molecule is CCc1c[nH]n2c(=O)cc(C3CC(=O)N(Cc4ccccc4OC)C3)nc12. The van der Waals surface area contributed by atoms with Crippen molar-refractivity contribution in [2.45, 2.75) is 32.2 Å². The van der Waals surface area contributed by atoms with Crippen molar-refractivity contribution < 1.29 is 9.53 Å². The highest BCUT2D eigenvalue weighted by atomic mass is 16.5. The van der Waals surface area contributed by atoms with E-state index in [9.17, 15) is 9.59 Å². The summed E-state index contributed by atoms with van der Waals surface area (Å²) in [6.45, 7) is 3.06. The fourth-order valence-corrected chi connectivity index (χ4v) is 3.68. The van der Waals surface area contributed by atoms with Crippen LogP contribution in [-0.4, -0.2) is 39.1 Å². The standard InChI is InChI=1S/C20H22N4O3/c1-3-13-10-21-24-19(26)9-16(22-20(13)24)15-8-18(25)23(12-15)11-14-6-4-5-7-17(14)27-2/h4-7,9-10,15,21H,3,8,11-12H2,1-2H3. The number of aryl methyl sites for hydroxylation is 1. The Bertz CT molecular complexity index is 1050. The summed E-state index contributed by atoms with van der Waals surface area (Å²) < 4.78 is 6.84. The summed E-state index contributed by atoms with van der Waals surface area (Å²) in [4.78, 5) is 31.4. The van der Waals surface area contributed by atoms with Crippen LogP contribution in [0.5, 0.6) is 5.75 Å². The van der Waals surface area contributed by atoms with Gasteiger partial charge in [0.2, 0.25) is 5.91 Å². The Kier molecular flexibility index (Phi) is 4.43. The van der Waals surface area contributed by atoms with Crippen LogP contribution >= 0.6 is 0 Å². The van der Waals surface area contributed by atoms with E-state index in [1.807, 2.05) is 36.1 Å². The number of likely N-dealkylation sites (tertiary alicyclic amines) is 1. The molecule has 0 radical (unpaired) electrons. The molecule has 2 aromatic heterocycles. The number of aromatic nitrogens is 3. The van der Waals surface area contributed by atoms with Gasteiger partial charge in [0.05, 0.1) is 12.8 Å². The number of rotatable bonds is 5. The molecule has 1 unspecified atom stereocenters. The number of H-pyrrole nitrogens is 1. The summed E-state index contributed by atoms with van der Waals surface area (Å²) in [6.07, 6.45) is 2.96. The first kappa shape index (κ1) is 17.3. The molecule has 3 heterocycles. The number of aromatic amines is 1. The lowest BCUT2D eigenvalue weighted by atomic mass is 10.0. The molecule has 0 spiro atoms. The topological polar surface area (TPSA) is 79.7 Å². The molecule has 27 heavy (non-hydrogen) atoms. The first-order valence-electron chi connectivity index (χ1n) is 9.10. The minimum Gasteiger partial charge on any atom is -0.496 e. The molecule has 1 fully saturated rings. The van der Waals surface area contributed by atoms with Gasteiger partial charge in [-0.05, 0) is 12.5 Å². The summed E-state index contributed by atoms with van der Waals surface area (Å²) >= 11 is 0. The number of nitrogens with zero attached hydrogens (tertiary/aromatic N) is 3. The largest absolute Gasteiger partial charge is 0.496 e. The number of benzene rings is 1. The Labute approximate surface area is 156 Å². The highest BCUT2D eigenvalue weighted by Gasteiger charge is 2.32. The lowest BCUT2D eigenvalue weighted by Gasteiger charge is -2.18. The van der Waals surface area contributed by atoms with Crippen molar-refractivity contribution in [3.8, 4) is 5.75 Å². The maximum Gasteiger partial charge on any atom is 0.272 e. The number of carbonyl (C=O) groups is 1. The van der Waals surface area contributed by atoms with E-state index >= 15 is 0 Å². The Morgan fingerprint density at radius 1 is 1.26 bits per heavy atom. The van der Waals surface area contributed by atoms with Crippen LogP contribution in [0.3, 0.4) is 0 Å². The van der Waals surface area contributed by atoms with Gasteiger partial charge in [-0.1, -0.05) is 25.1 Å². The first-order valence-corrected chi connectivity index (χ1v) is 9.10. The Morgan fingerprint density at radius 3 is 2.85 bits per heavy atom. The molecule has 1 amide bonds. The molecule has 1 N–H and O–H groups in total. The second-order valence-electron chi connectivity index (χ2n) is 6.82. The lowest BCUT2D eigenvalue weighted by Crippen LogP contribution is -2.25. The zero-order valence-corrected chi connectivity index (χ0v) is 15.4. The molecule has 0 aliphatic carbocycles. The summed E-state index contributed by atoms with van der Waals surface area (Å²) in [5.74, 6) is 0.758. The van der Waals surface area contributed by atoms with E-state index in [1.54, 1.807) is 13.3 Å². The van der Waals surface area contributed by atoms with Crippen molar-refractivity contribution in [3.63, 3.8) is 0 Å². The van der Waals surface area contributed by atoms with E-state index in [0.717, 1.165) is 23.3 Å². The number of carbonyl (C=O) groups excluding carboxylic acids is 1. The Balaban J connectivity index is 1.60. The third kappa shape index (κ3) is 3.09. The third-order valence-corrected chi connectivity index (χ3v) is 5.16. The molecule has 7 nitrogen and oxygen atoms in total. The summed E-state index contributed by atoms with van der Waals surface area (Å²) in [7, 11) is 1.63. The lowest BCUT2D eigenvalue weighted by molar-refractivity contribution is -0.128. The van der Waals surface area contributed by atoms with Gasteiger partial charge < -0.3 is 9.64 Å². The van der Waals surface area contributed by atoms with E-state index < -0.39 is 0 Å². The Morgan fingerprint density at radius 2 is 2.07 bits per heavy atom. The van der Waals surface area contributed by atoms with Gasteiger partial charge in [-0.2, -0.15) is 0 Å². The van der Waals surface area contributed by atoms with Gasteiger partial charge in [0.15, 0.2) is 5.65 Å². The van der Waals surface area contributed by atoms with Crippen LogP contribution < -0.4 is 10.3 Å². The molecule has 140 valence electrons. The molecule has 1 atom stereocenters. The smallest absolute Gasteiger partial charge is 0.272 e. The maximum absolute atomic E-state index is 12.6. The van der Waals surface area contributed by atoms with Crippen LogP contribution in [0, 0.1) is 0 Å². The first-order chi connectivity index (χ1) is 13.1. The summed E-state index contributed by atoms with van der Waals surface area (Å²) in [6, 6.07) is 9.23. The number of hydrogen-bond donors (Lipinski definition) is 1. The van der Waals surface area contributed by atoms with Gasteiger partial charge in [-0.25, -0.2) is 9.50 Å². The van der Waals surface area contributed by atoms with Gasteiger partial charge in [0.25, 0.3) is 5.56 Å². The fraction of sp³-hybridized carbons (Fsp3) is 0.350. The zero-order chi connectivity index (χ0) is 19.0. The molecule has 4 rings (SSSR count). The number of ether oxygens (including phenoxy) is 1. The number of fused-ring (bicyclic) bond motifs is 1. The normalized spacial score (nSPS) is 17.0. The predicted molar refractivity (Wildman–Crippen MR) is 101 cm³/mol. The minimum absolute atomic E-state index is 0.0673. The predicted octanol–water partition coefficient (Wildman–Crippen LogP) is 2.11. The van der Waals surface area contributed by atoms with E-state index in [0.29, 0.717) is 30.9 Å². The zero-order valence-electron chi connectivity index (χ0n) is 15.4. The molecule has 7 heteroatoms. The minimum atomic E-state index is -0.148. The Hall–Kier alpha value is -3.09. The number of nitrogens with one attached hydrogen (secondary N) is 1. The van der Waals surface area contributed by atoms with E-state index in [2.05, 4.69) is 10.1 Å². The average molecular weight is 366 g/mol. The highest BCUT2D eigenvalue weighted by molar-refractivity contribution is 5.79. The number of amides is 1. The second kappa shape index (κ2) is 6.90. The summed E-state index contributed by atoms with van der Waals surface area (Å²) in [5.41, 5.74) is 3.15. The quantitative estimate of drug-likeness (QED) is 0.750. The molecule has 0 bridgehead atoms. The molecule has 1 saturated heterocycles. The van der Waals surface area contributed by atoms with Crippen molar-refractivity contribution >= 4 is 11.6 Å². The van der Waals surface area contributed by atoms with Gasteiger partial charge in [0.1, 0.15) is 5.75 Å². The molecule has 1 aromatic carbocycles. The van der Waals surface area contributed by atoms with Gasteiger partial charge >= 0.3 is 0 Å².